The topological polar surface area (TPSA) is 73.6 Å². The molecule has 0 spiro atoms. The first-order valence-electron chi connectivity index (χ1n) is 6.27. The number of benzene rings is 1. The Hall–Kier alpha value is -1.66. The lowest BCUT2D eigenvalue weighted by Gasteiger charge is -2.08. The number of methoxy groups -OCH3 is 1. The van der Waals surface area contributed by atoms with Crippen molar-refractivity contribution in [2.75, 3.05) is 32.2 Å². The van der Waals surface area contributed by atoms with Crippen LogP contribution in [0.4, 0.5) is 11.4 Å². The number of nitrogens with zero attached hydrogens (tertiary/aromatic N) is 1. The molecular formula is C13H20N2O4. The fourth-order valence-electron chi connectivity index (χ4n) is 1.66. The Morgan fingerprint density at radius 3 is 2.79 bits per heavy atom. The van der Waals surface area contributed by atoms with E-state index in [-0.39, 0.29) is 10.6 Å². The first kappa shape index (κ1) is 15.4. The minimum atomic E-state index is -0.388. The van der Waals surface area contributed by atoms with E-state index < -0.39 is 0 Å². The highest BCUT2D eigenvalue weighted by atomic mass is 16.6. The van der Waals surface area contributed by atoms with E-state index in [0.29, 0.717) is 32.1 Å². The maximum atomic E-state index is 10.9. The zero-order valence-corrected chi connectivity index (χ0v) is 11.3. The van der Waals surface area contributed by atoms with E-state index in [1.54, 1.807) is 19.2 Å². The summed E-state index contributed by atoms with van der Waals surface area (Å²) in [4.78, 5) is 10.5. The molecule has 1 aromatic rings. The summed E-state index contributed by atoms with van der Waals surface area (Å²) in [6, 6.07) is 4.99. The molecule has 0 heterocycles. The van der Waals surface area contributed by atoms with Crippen molar-refractivity contribution in [1.29, 1.82) is 0 Å². The highest BCUT2D eigenvalue weighted by Crippen LogP contribution is 2.25. The Balaban J connectivity index is 2.59. The number of anilines is 1. The lowest BCUT2D eigenvalue weighted by Crippen LogP contribution is -2.03. The number of hydrogen-bond donors (Lipinski definition) is 1. The summed E-state index contributed by atoms with van der Waals surface area (Å²) >= 11 is 0. The van der Waals surface area contributed by atoms with E-state index in [9.17, 15) is 10.1 Å². The van der Waals surface area contributed by atoms with E-state index >= 15 is 0 Å². The van der Waals surface area contributed by atoms with E-state index in [1.165, 1.54) is 6.07 Å². The van der Waals surface area contributed by atoms with Gasteiger partial charge in [0.15, 0.2) is 0 Å². The Kier molecular flexibility index (Phi) is 6.84. The highest BCUT2D eigenvalue weighted by molar-refractivity contribution is 5.62. The number of nitro benzene ring substituents is 1. The van der Waals surface area contributed by atoms with Gasteiger partial charge in [-0.3, -0.25) is 10.1 Å². The molecule has 0 atom stereocenters. The normalized spacial score (nSPS) is 10.4. The number of nitro groups is 1. The monoisotopic (exact) mass is 268 g/mol. The highest BCUT2D eigenvalue weighted by Gasteiger charge is 2.13. The lowest BCUT2D eigenvalue weighted by atomic mass is 10.2. The molecule has 0 saturated carbocycles. The van der Waals surface area contributed by atoms with E-state index in [1.807, 2.05) is 6.92 Å². The van der Waals surface area contributed by atoms with E-state index in [0.717, 1.165) is 12.0 Å². The van der Waals surface area contributed by atoms with Gasteiger partial charge in [-0.15, -0.1) is 0 Å². The molecule has 0 radical (unpaired) electrons. The standard InChI is InChI=1S/C13H20N2O4/c1-3-14-12-9-11(5-6-13(12)15(16)17)10-19-8-4-7-18-2/h5-6,9,14H,3-4,7-8,10H2,1-2H3. The van der Waals surface area contributed by atoms with Crippen molar-refractivity contribution in [3.8, 4) is 0 Å². The summed E-state index contributed by atoms with van der Waals surface area (Å²) in [7, 11) is 1.65. The van der Waals surface area contributed by atoms with Crippen molar-refractivity contribution >= 4 is 11.4 Å². The average molecular weight is 268 g/mol. The maximum absolute atomic E-state index is 10.9. The average Bonchev–Trinajstić information content (AvgIpc) is 2.39. The largest absolute Gasteiger partial charge is 0.385 e. The van der Waals surface area contributed by atoms with Gasteiger partial charge in [-0.25, -0.2) is 0 Å². The minimum Gasteiger partial charge on any atom is -0.385 e. The van der Waals surface area contributed by atoms with Gasteiger partial charge in [0.1, 0.15) is 5.69 Å². The Morgan fingerprint density at radius 2 is 2.16 bits per heavy atom. The van der Waals surface area contributed by atoms with Gasteiger partial charge in [0.2, 0.25) is 0 Å². The van der Waals surface area contributed by atoms with Crippen molar-refractivity contribution in [1.82, 2.24) is 0 Å². The SMILES string of the molecule is CCNc1cc(COCCCOC)ccc1[N+](=O)[O-]. The third-order valence-corrected chi connectivity index (χ3v) is 2.53. The van der Waals surface area contributed by atoms with Crippen LogP contribution in [0.5, 0.6) is 0 Å². The van der Waals surface area contributed by atoms with Crippen LogP contribution in [-0.2, 0) is 16.1 Å². The summed E-state index contributed by atoms with van der Waals surface area (Å²) < 4.78 is 10.4. The quantitative estimate of drug-likeness (QED) is 0.423. The molecule has 0 fully saturated rings. The molecule has 0 saturated heterocycles. The van der Waals surface area contributed by atoms with Crippen LogP contribution in [0.1, 0.15) is 18.9 Å². The molecule has 1 N–H and O–H groups in total. The fourth-order valence-corrected chi connectivity index (χ4v) is 1.66. The first-order chi connectivity index (χ1) is 9.19. The van der Waals surface area contributed by atoms with Crippen LogP contribution in [0.25, 0.3) is 0 Å². The molecule has 0 aliphatic rings. The summed E-state index contributed by atoms with van der Waals surface area (Å²) in [6.45, 7) is 4.26. The molecule has 0 unspecified atom stereocenters. The van der Waals surface area contributed by atoms with Crippen LogP contribution in [0, 0.1) is 10.1 Å². The van der Waals surface area contributed by atoms with Crippen LogP contribution in [-0.4, -0.2) is 31.8 Å². The second-order valence-corrected chi connectivity index (χ2v) is 4.04. The molecule has 6 heteroatoms. The number of hydrogen-bond acceptors (Lipinski definition) is 5. The third-order valence-electron chi connectivity index (χ3n) is 2.53. The van der Waals surface area contributed by atoms with Crippen molar-refractivity contribution in [2.24, 2.45) is 0 Å². The molecular weight excluding hydrogens is 248 g/mol. The molecule has 19 heavy (non-hydrogen) atoms. The molecule has 1 rings (SSSR count). The van der Waals surface area contributed by atoms with Gasteiger partial charge in [0.05, 0.1) is 11.5 Å². The van der Waals surface area contributed by atoms with Crippen LogP contribution >= 0.6 is 0 Å². The fraction of sp³-hybridized carbons (Fsp3) is 0.538. The van der Waals surface area contributed by atoms with Gasteiger partial charge in [0.25, 0.3) is 5.69 Å². The Morgan fingerprint density at radius 1 is 1.37 bits per heavy atom. The smallest absolute Gasteiger partial charge is 0.292 e. The predicted molar refractivity (Wildman–Crippen MR) is 73.4 cm³/mol. The van der Waals surface area contributed by atoms with Crippen molar-refractivity contribution < 1.29 is 14.4 Å². The van der Waals surface area contributed by atoms with Crippen LogP contribution in [0.3, 0.4) is 0 Å². The number of nitrogens with one attached hydrogen (secondary N) is 1. The zero-order chi connectivity index (χ0) is 14.1. The lowest BCUT2D eigenvalue weighted by molar-refractivity contribution is -0.384. The van der Waals surface area contributed by atoms with E-state index in [4.69, 9.17) is 9.47 Å². The van der Waals surface area contributed by atoms with Gasteiger partial charge in [-0.1, -0.05) is 0 Å². The second kappa shape index (κ2) is 8.44. The van der Waals surface area contributed by atoms with Gasteiger partial charge in [-0.2, -0.15) is 0 Å². The summed E-state index contributed by atoms with van der Waals surface area (Å²) in [5.74, 6) is 0. The Labute approximate surface area is 112 Å². The van der Waals surface area contributed by atoms with Crippen LogP contribution < -0.4 is 5.32 Å². The predicted octanol–water partition coefficient (Wildman–Crippen LogP) is 2.58. The zero-order valence-electron chi connectivity index (χ0n) is 11.3. The minimum absolute atomic E-state index is 0.0879. The molecule has 106 valence electrons. The third kappa shape index (κ3) is 5.23. The molecule has 0 bridgehead atoms. The van der Waals surface area contributed by atoms with Crippen molar-refractivity contribution in [2.45, 2.75) is 20.0 Å². The molecule has 0 aliphatic carbocycles. The number of ether oxygens (including phenoxy) is 2. The summed E-state index contributed by atoms with van der Waals surface area (Å²) in [6.07, 6.45) is 0.837. The van der Waals surface area contributed by atoms with Gasteiger partial charge in [0, 0.05) is 32.9 Å². The number of rotatable bonds is 9. The molecule has 6 nitrogen and oxygen atoms in total. The Bertz CT molecular complexity index is 410. The van der Waals surface area contributed by atoms with Crippen LogP contribution in [0.15, 0.2) is 18.2 Å². The molecule has 0 amide bonds. The van der Waals surface area contributed by atoms with Gasteiger partial charge >= 0.3 is 0 Å². The van der Waals surface area contributed by atoms with Gasteiger partial charge in [-0.05, 0) is 31.0 Å². The summed E-state index contributed by atoms with van der Waals surface area (Å²) in [5.41, 5.74) is 1.54. The first-order valence-corrected chi connectivity index (χ1v) is 6.27. The van der Waals surface area contributed by atoms with Crippen LogP contribution in [0.2, 0.25) is 0 Å². The second-order valence-electron chi connectivity index (χ2n) is 4.04. The molecule has 1 aromatic carbocycles. The van der Waals surface area contributed by atoms with Crippen molar-refractivity contribution in [3.63, 3.8) is 0 Å². The summed E-state index contributed by atoms with van der Waals surface area (Å²) in [5, 5.41) is 13.9. The van der Waals surface area contributed by atoms with E-state index in [2.05, 4.69) is 5.32 Å². The van der Waals surface area contributed by atoms with Crippen molar-refractivity contribution in [3.05, 3.63) is 33.9 Å². The molecule has 0 aromatic heterocycles. The maximum Gasteiger partial charge on any atom is 0.292 e. The molecule has 0 aliphatic heterocycles. The van der Waals surface area contributed by atoms with Gasteiger partial charge < -0.3 is 14.8 Å².